The fraction of sp³-hybridized carbons (Fsp3) is 0.515. The van der Waals surface area contributed by atoms with Gasteiger partial charge in [-0.05, 0) is 58.0 Å². The van der Waals surface area contributed by atoms with Crippen molar-refractivity contribution in [1.29, 1.82) is 0 Å². The molecule has 0 saturated carbocycles. The second kappa shape index (κ2) is 11.9. The number of benzene rings is 3. The summed E-state index contributed by atoms with van der Waals surface area (Å²) in [7, 11) is 0. The standard InChI is InChI=1S/C33H45N/c1-3-5-7-9-11-15-23-33(24-16-12-10-8-6-4-2)30-22-19-26-17-13-14-18-28(26)32(30)29-21-20-27(34)25-31(29)33/h13-14,17-22,25H,3-12,15-16,23-24,34H2,1-2H3. The number of fused-ring (bicyclic) bond motifs is 5. The largest absolute Gasteiger partial charge is 0.399 e. The molecule has 0 spiro atoms. The molecule has 0 amide bonds. The predicted molar refractivity (Wildman–Crippen MR) is 151 cm³/mol. The van der Waals surface area contributed by atoms with Crippen molar-refractivity contribution in [1.82, 2.24) is 0 Å². The lowest BCUT2D eigenvalue weighted by Gasteiger charge is -2.33. The second-order valence-corrected chi connectivity index (χ2v) is 10.6. The Hall–Kier alpha value is -2.28. The van der Waals surface area contributed by atoms with Crippen LogP contribution in [0.1, 0.15) is 115 Å². The van der Waals surface area contributed by atoms with Gasteiger partial charge < -0.3 is 5.73 Å². The summed E-state index contributed by atoms with van der Waals surface area (Å²) in [5.74, 6) is 0. The first-order chi connectivity index (χ1) is 16.7. The SMILES string of the molecule is CCCCCCCCC1(CCCCCCCC)c2cc(N)ccc2-c2c1ccc1ccccc21. The number of nitrogen functional groups attached to an aromatic ring is 1. The molecular formula is C33H45N. The van der Waals surface area contributed by atoms with Gasteiger partial charge in [-0.1, -0.05) is 133 Å². The lowest BCUT2D eigenvalue weighted by Crippen LogP contribution is -2.25. The first-order valence-corrected chi connectivity index (χ1v) is 14.1. The third-order valence-electron chi connectivity index (χ3n) is 8.19. The van der Waals surface area contributed by atoms with E-state index >= 15 is 0 Å². The van der Waals surface area contributed by atoms with Gasteiger partial charge in [0.1, 0.15) is 0 Å². The van der Waals surface area contributed by atoms with Gasteiger partial charge in [0, 0.05) is 11.1 Å². The van der Waals surface area contributed by atoms with Crippen LogP contribution in [0, 0.1) is 0 Å². The molecule has 0 bridgehead atoms. The van der Waals surface area contributed by atoms with Crippen molar-refractivity contribution < 1.29 is 0 Å². The zero-order valence-corrected chi connectivity index (χ0v) is 21.7. The summed E-state index contributed by atoms with van der Waals surface area (Å²) in [6.45, 7) is 4.60. The Balaban J connectivity index is 1.69. The highest BCUT2D eigenvalue weighted by Gasteiger charge is 2.42. The van der Waals surface area contributed by atoms with Crippen molar-refractivity contribution >= 4 is 16.5 Å². The van der Waals surface area contributed by atoms with Crippen LogP contribution in [0.15, 0.2) is 54.6 Å². The Morgan fingerprint density at radius 1 is 0.618 bits per heavy atom. The second-order valence-electron chi connectivity index (χ2n) is 10.6. The Morgan fingerprint density at radius 3 is 1.91 bits per heavy atom. The lowest BCUT2D eigenvalue weighted by atomic mass is 9.70. The molecule has 3 aromatic rings. The molecule has 0 aromatic heterocycles. The Labute approximate surface area is 208 Å². The van der Waals surface area contributed by atoms with E-state index in [9.17, 15) is 0 Å². The van der Waals surface area contributed by atoms with Crippen molar-refractivity contribution in [2.75, 3.05) is 5.73 Å². The van der Waals surface area contributed by atoms with Crippen LogP contribution in [0.3, 0.4) is 0 Å². The molecule has 1 aliphatic carbocycles. The van der Waals surface area contributed by atoms with E-state index in [4.69, 9.17) is 5.73 Å². The molecule has 3 aromatic carbocycles. The van der Waals surface area contributed by atoms with Crippen molar-refractivity contribution in [2.45, 2.75) is 109 Å². The number of hydrogen-bond acceptors (Lipinski definition) is 1. The van der Waals surface area contributed by atoms with E-state index in [1.54, 1.807) is 5.56 Å². The summed E-state index contributed by atoms with van der Waals surface area (Å²) in [6.07, 6.45) is 18.7. The molecule has 1 heteroatoms. The molecule has 1 nitrogen and oxygen atoms in total. The highest BCUT2D eigenvalue weighted by atomic mass is 14.6. The fourth-order valence-corrected chi connectivity index (χ4v) is 6.36. The number of nitrogens with two attached hydrogens (primary N) is 1. The monoisotopic (exact) mass is 455 g/mol. The van der Waals surface area contributed by atoms with E-state index in [-0.39, 0.29) is 5.41 Å². The van der Waals surface area contributed by atoms with Gasteiger partial charge in [-0.25, -0.2) is 0 Å². The van der Waals surface area contributed by atoms with Gasteiger partial charge in [-0.2, -0.15) is 0 Å². The topological polar surface area (TPSA) is 26.0 Å². The first kappa shape index (κ1) is 24.8. The number of unbranched alkanes of at least 4 members (excludes halogenated alkanes) is 10. The van der Waals surface area contributed by atoms with E-state index in [1.807, 2.05) is 0 Å². The number of rotatable bonds is 14. The molecule has 0 atom stereocenters. The molecule has 182 valence electrons. The maximum atomic E-state index is 6.42. The number of anilines is 1. The zero-order chi connectivity index (χ0) is 23.8. The number of hydrogen-bond donors (Lipinski definition) is 1. The van der Waals surface area contributed by atoms with E-state index in [1.165, 1.54) is 117 Å². The van der Waals surface area contributed by atoms with Gasteiger partial charge in [0.2, 0.25) is 0 Å². The van der Waals surface area contributed by atoms with Crippen LogP contribution in [-0.2, 0) is 5.41 Å². The average molecular weight is 456 g/mol. The van der Waals surface area contributed by atoms with Crippen molar-refractivity contribution in [2.24, 2.45) is 0 Å². The lowest BCUT2D eigenvalue weighted by molar-refractivity contribution is 0.398. The molecular weight excluding hydrogens is 410 g/mol. The molecule has 2 N–H and O–H groups in total. The Kier molecular flexibility index (Phi) is 8.70. The molecule has 4 rings (SSSR count). The Bertz CT molecular complexity index is 1050. The van der Waals surface area contributed by atoms with Crippen LogP contribution in [0.2, 0.25) is 0 Å². The highest BCUT2D eigenvalue weighted by molar-refractivity contribution is 6.02. The van der Waals surface area contributed by atoms with Gasteiger partial charge in [0.05, 0.1) is 0 Å². The van der Waals surface area contributed by atoms with E-state index < -0.39 is 0 Å². The summed E-state index contributed by atoms with van der Waals surface area (Å²) in [5.41, 5.74) is 13.4. The van der Waals surface area contributed by atoms with Gasteiger partial charge >= 0.3 is 0 Å². The summed E-state index contributed by atoms with van der Waals surface area (Å²) >= 11 is 0. The van der Waals surface area contributed by atoms with E-state index in [0.717, 1.165) is 5.69 Å². The van der Waals surface area contributed by atoms with E-state index in [2.05, 4.69) is 68.4 Å². The minimum atomic E-state index is 0.111. The van der Waals surface area contributed by atoms with Crippen LogP contribution in [-0.4, -0.2) is 0 Å². The minimum Gasteiger partial charge on any atom is -0.399 e. The summed E-state index contributed by atoms with van der Waals surface area (Å²) in [4.78, 5) is 0. The van der Waals surface area contributed by atoms with Crippen LogP contribution < -0.4 is 5.73 Å². The average Bonchev–Trinajstić information content (AvgIpc) is 3.13. The van der Waals surface area contributed by atoms with Gasteiger partial charge in [-0.15, -0.1) is 0 Å². The van der Waals surface area contributed by atoms with Crippen LogP contribution in [0.4, 0.5) is 5.69 Å². The minimum absolute atomic E-state index is 0.111. The summed E-state index contributed by atoms with van der Waals surface area (Å²) in [5, 5.41) is 2.75. The molecule has 0 saturated heterocycles. The maximum Gasteiger partial charge on any atom is 0.0317 e. The summed E-state index contributed by atoms with van der Waals surface area (Å²) < 4.78 is 0. The molecule has 0 radical (unpaired) electrons. The van der Waals surface area contributed by atoms with Crippen molar-refractivity contribution in [3.05, 3.63) is 65.7 Å². The zero-order valence-electron chi connectivity index (χ0n) is 21.7. The molecule has 0 heterocycles. The highest BCUT2D eigenvalue weighted by Crippen LogP contribution is 2.56. The maximum absolute atomic E-state index is 6.42. The quantitative estimate of drug-likeness (QED) is 0.190. The van der Waals surface area contributed by atoms with Gasteiger partial charge in [-0.3, -0.25) is 0 Å². The third kappa shape index (κ3) is 5.19. The smallest absolute Gasteiger partial charge is 0.0317 e. The molecule has 1 aliphatic rings. The van der Waals surface area contributed by atoms with Crippen LogP contribution in [0.25, 0.3) is 21.9 Å². The predicted octanol–water partition coefficient (Wildman–Crippen LogP) is 10.2. The van der Waals surface area contributed by atoms with Gasteiger partial charge in [0.25, 0.3) is 0 Å². The molecule has 0 unspecified atom stereocenters. The van der Waals surface area contributed by atoms with Crippen molar-refractivity contribution in [3.8, 4) is 11.1 Å². The fourth-order valence-electron chi connectivity index (χ4n) is 6.36. The molecule has 0 fully saturated rings. The van der Waals surface area contributed by atoms with Crippen LogP contribution >= 0.6 is 0 Å². The third-order valence-corrected chi connectivity index (χ3v) is 8.19. The molecule has 34 heavy (non-hydrogen) atoms. The van der Waals surface area contributed by atoms with Crippen molar-refractivity contribution in [3.63, 3.8) is 0 Å². The normalized spacial score (nSPS) is 13.8. The van der Waals surface area contributed by atoms with Crippen LogP contribution in [0.5, 0.6) is 0 Å². The molecule has 0 aliphatic heterocycles. The Morgan fingerprint density at radius 2 is 1.24 bits per heavy atom. The van der Waals surface area contributed by atoms with Gasteiger partial charge in [0.15, 0.2) is 0 Å². The van der Waals surface area contributed by atoms with E-state index in [0.29, 0.717) is 0 Å². The summed E-state index contributed by atoms with van der Waals surface area (Å²) in [6, 6.07) is 20.5. The first-order valence-electron chi connectivity index (χ1n) is 14.1.